The summed E-state index contributed by atoms with van der Waals surface area (Å²) in [5.74, 6) is 0.0857. The number of Topliss-reactive ketones (excluding diaryl/α,β-unsaturated/α-hetero) is 1. The van der Waals surface area contributed by atoms with Gasteiger partial charge in [0.05, 0.1) is 4.83 Å². The summed E-state index contributed by atoms with van der Waals surface area (Å²) in [6, 6.07) is 5.59. The van der Waals surface area contributed by atoms with Gasteiger partial charge in [0.25, 0.3) is 0 Å². The Morgan fingerprint density at radius 3 is 2.71 bits per heavy atom. The zero-order chi connectivity index (χ0) is 10.7. The number of hydrogen-bond donors (Lipinski definition) is 0. The van der Waals surface area contributed by atoms with Crippen molar-refractivity contribution in [1.82, 2.24) is 0 Å². The lowest BCUT2D eigenvalue weighted by molar-refractivity contribution is -0.116. The van der Waals surface area contributed by atoms with Gasteiger partial charge in [0.1, 0.15) is 5.78 Å². The molecule has 0 radical (unpaired) electrons. The summed E-state index contributed by atoms with van der Waals surface area (Å²) in [6.45, 7) is 1.56. The summed E-state index contributed by atoms with van der Waals surface area (Å²) in [7, 11) is 0. The summed E-state index contributed by atoms with van der Waals surface area (Å²) < 4.78 is 0. The predicted molar refractivity (Wildman–Crippen MR) is 65.6 cm³/mol. The van der Waals surface area contributed by atoms with Crippen molar-refractivity contribution in [3.05, 3.63) is 28.8 Å². The summed E-state index contributed by atoms with van der Waals surface area (Å²) in [5, 5.41) is 0.656. The molecule has 14 heavy (non-hydrogen) atoms. The first-order chi connectivity index (χ1) is 6.56. The number of carbonyl (C=O) groups excluding carboxylic acids is 1. The Bertz CT molecular complexity index is 354. The van der Waals surface area contributed by atoms with E-state index in [1.807, 2.05) is 24.5 Å². The van der Waals surface area contributed by atoms with Crippen molar-refractivity contribution >= 4 is 45.1 Å². The van der Waals surface area contributed by atoms with Crippen LogP contribution in [0.5, 0.6) is 0 Å². The third-order valence-electron chi connectivity index (χ3n) is 1.82. The number of rotatable bonds is 3. The summed E-state index contributed by atoms with van der Waals surface area (Å²) >= 11 is 10.8. The Labute approximate surface area is 101 Å². The van der Waals surface area contributed by atoms with Gasteiger partial charge in [-0.2, -0.15) is 0 Å². The second-order valence-electron chi connectivity index (χ2n) is 2.86. The van der Waals surface area contributed by atoms with Crippen molar-refractivity contribution in [2.24, 2.45) is 0 Å². The molecule has 0 N–H and O–H groups in total. The van der Waals surface area contributed by atoms with Gasteiger partial charge in [-0.05, 0) is 36.9 Å². The molecular formula is C10H10BrClOS. The van der Waals surface area contributed by atoms with Crippen molar-refractivity contribution < 1.29 is 4.79 Å². The number of benzene rings is 1. The van der Waals surface area contributed by atoms with E-state index in [1.165, 1.54) is 0 Å². The van der Waals surface area contributed by atoms with E-state index in [9.17, 15) is 4.79 Å². The van der Waals surface area contributed by atoms with E-state index in [0.29, 0.717) is 5.02 Å². The monoisotopic (exact) mass is 292 g/mol. The van der Waals surface area contributed by atoms with Gasteiger partial charge in [-0.3, -0.25) is 4.79 Å². The van der Waals surface area contributed by atoms with E-state index in [0.717, 1.165) is 10.5 Å². The average molecular weight is 294 g/mol. The SMILES string of the molecule is CSc1ccc(Cl)cc1C(Br)C(C)=O. The number of alkyl halides is 1. The molecule has 1 rings (SSSR count). The first-order valence-corrected chi connectivity index (χ1v) is 6.56. The van der Waals surface area contributed by atoms with Crippen molar-refractivity contribution in [2.75, 3.05) is 6.26 Å². The molecule has 0 aromatic heterocycles. The summed E-state index contributed by atoms with van der Waals surface area (Å²) in [4.78, 5) is 12.0. The lowest BCUT2D eigenvalue weighted by Crippen LogP contribution is -2.02. The lowest BCUT2D eigenvalue weighted by atomic mass is 10.1. The molecule has 0 amide bonds. The highest BCUT2D eigenvalue weighted by molar-refractivity contribution is 9.09. The second kappa shape index (κ2) is 5.19. The lowest BCUT2D eigenvalue weighted by Gasteiger charge is -2.11. The van der Waals surface area contributed by atoms with Gasteiger partial charge in [0.2, 0.25) is 0 Å². The average Bonchev–Trinajstić information content (AvgIpc) is 2.16. The molecule has 0 aliphatic rings. The van der Waals surface area contributed by atoms with Crippen molar-refractivity contribution in [1.29, 1.82) is 0 Å². The van der Waals surface area contributed by atoms with Crippen LogP contribution in [-0.4, -0.2) is 12.0 Å². The van der Waals surface area contributed by atoms with Crippen molar-refractivity contribution in [2.45, 2.75) is 16.6 Å². The van der Waals surface area contributed by atoms with Gasteiger partial charge in [0.15, 0.2) is 0 Å². The summed E-state index contributed by atoms with van der Waals surface area (Å²) in [5.41, 5.74) is 0.942. The first kappa shape index (κ1) is 12.1. The molecule has 0 fully saturated rings. The maximum absolute atomic E-state index is 11.2. The van der Waals surface area contributed by atoms with Crippen LogP contribution >= 0.6 is 39.3 Å². The fourth-order valence-corrected chi connectivity index (χ4v) is 2.45. The van der Waals surface area contributed by atoms with Crippen LogP contribution in [0.25, 0.3) is 0 Å². The highest BCUT2D eigenvalue weighted by Crippen LogP contribution is 2.33. The van der Waals surface area contributed by atoms with Crippen LogP contribution in [0.2, 0.25) is 5.02 Å². The van der Waals surface area contributed by atoms with Crippen LogP contribution in [-0.2, 0) is 4.79 Å². The molecule has 1 atom stereocenters. The highest BCUT2D eigenvalue weighted by atomic mass is 79.9. The molecule has 1 aromatic rings. The number of halogens is 2. The van der Waals surface area contributed by atoms with Crippen LogP contribution < -0.4 is 0 Å². The number of ketones is 1. The maximum atomic E-state index is 11.2. The van der Waals surface area contributed by atoms with E-state index < -0.39 is 0 Å². The standard InChI is InChI=1S/C10H10BrClOS/c1-6(13)10(11)8-5-7(12)3-4-9(8)14-2/h3-5,10H,1-2H3. The largest absolute Gasteiger partial charge is 0.298 e. The highest BCUT2D eigenvalue weighted by Gasteiger charge is 2.16. The number of hydrogen-bond acceptors (Lipinski definition) is 2. The van der Waals surface area contributed by atoms with Crippen LogP contribution in [0, 0.1) is 0 Å². The molecule has 0 bridgehead atoms. The van der Waals surface area contributed by atoms with E-state index in [4.69, 9.17) is 11.6 Å². The fraction of sp³-hybridized carbons (Fsp3) is 0.300. The van der Waals surface area contributed by atoms with Crippen molar-refractivity contribution in [3.63, 3.8) is 0 Å². The van der Waals surface area contributed by atoms with Crippen LogP contribution in [0.4, 0.5) is 0 Å². The first-order valence-electron chi connectivity index (χ1n) is 4.04. The third kappa shape index (κ3) is 2.75. The Balaban J connectivity index is 3.16. The van der Waals surface area contributed by atoms with Crippen LogP contribution in [0.3, 0.4) is 0 Å². The molecule has 0 aliphatic carbocycles. The zero-order valence-corrected chi connectivity index (χ0v) is 11.0. The minimum atomic E-state index is -0.261. The molecule has 1 nitrogen and oxygen atoms in total. The van der Waals surface area contributed by atoms with E-state index in [-0.39, 0.29) is 10.6 Å². The molecule has 0 saturated heterocycles. The van der Waals surface area contributed by atoms with Gasteiger partial charge >= 0.3 is 0 Å². The predicted octanol–water partition coefficient (Wildman–Crippen LogP) is 4.09. The van der Waals surface area contributed by atoms with Crippen LogP contribution in [0.1, 0.15) is 17.3 Å². The minimum absolute atomic E-state index is 0.0857. The topological polar surface area (TPSA) is 17.1 Å². The molecule has 0 heterocycles. The minimum Gasteiger partial charge on any atom is -0.298 e. The molecule has 0 aliphatic heterocycles. The van der Waals surface area contributed by atoms with E-state index >= 15 is 0 Å². The van der Waals surface area contributed by atoms with E-state index in [2.05, 4.69) is 15.9 Å². The van der Waals surface area contributed by atoms with Crippen LogP contribution in [0.15, 0.2) is 23.1 Å². The Morgan fingerprint density at radius 1 is 1.57 bits per heavy atom. The third-order valence-corrected chi connectivity index (χ3v) is 4.01. The molecule has 76 valence electrons. The molecule has 0 spiro atoms. The van der Waals surface area contributed by atoms with Gasteiger partial charge in [-0.25, -0.2) is 0 Å². The fourth-order valence-electron chi connectivity index (χ4n) is 1.12. The van der Waals surface area contributed by atoms with Gasteiger partial charge in [-0.1, -0.05) is 27.5 Å². The molecule has 0 saturated carbocycles. The summed E-state index contributed by atoms with van der Waals surface area (Å²) in [6.07, 6.45) is 1.98. The van der Waals surface area contributed by atoms with Gasteiger partial charge in [-0.15, -0.1) is 11.8 Å². The Kier molecular flexibility index (Phi) is 4.48. The molecule has 4 heteroatoms. The number of carbonyl (C=O) groups is 1. The Hall–Kier alpha value is 0.01000. The smallest absolute Gasteiger partial charge is 0.147 e. The van der Waals surface area contributed by atoms with Crippen molar-refractivity contribution in [3.8, 4) is 0 Å². The zero-order valence-electron chi connectivity index (χ0n) is 7.88. The molecule has 1 aromatic carbocycles. The molecular weight excluding hydrogens is 284 g/mol. The quantitative estimate of drug-likeness (QED) is 0.617. The van der Waals surface area contributed by atoms with E-state index in [1.54, 1.807) is 18.7 Å². The Morgan fingerprint density at radius 2 is 2.21 bits per heavy atom. The van der Waals surface area contributed by atoms with Gasteiger partial charge < -0.3 is 0 Å². The second-order valence-corrected chi connectivity index (χ2v) is 5.06. The molecule has 1 unspecified atom stereocenters. The normalized spacial score (nSPS) is 12.6. The van der Waals surface area contributed by atoms with Gasteiger partial charge in [0, 0.05) is 9.92 Å². The maximum Gasteiger partial charge on any atom is 0.147 e. The number of thioether (sulfide) groups is 1.